The molecule has 0 saturated carbocycles. The van der Waals surface area contributed by atoms with Crippen molar-refractivity contribution in [2.45, 2.75) is 164 Å². The molecule has 0 heterocycles. The molecule has 0 aliphatic heterocycles. The molecule has 0 aliphatic carbocycles. The van der Waals surface area contributed by atoms with Crippen molar-refractivity contribution in [1.29, 1.82) is 0 Å². The third kappa shape index (κ3) is 20.5. The minimum Gasteiger partial charge on any atom is -1.45 e. The van der Waals surface area contributed by atoms with Crippen LogP contribution in [0.3, 0.4) is 0 Å². The van der Waals surface area contributed by atoms with Crippen molar-refractivity contribution in [3.8, 4) is 0 Å². The first kappa shape index (κ1) is 56.2. The zero-order chi connectivity index (χ0) is 37.3. The molecule has 0 atom stereocenters. The summed E-state index contributed by atoms with van der Waals surface area (Å²) in [6.07, 6.45) is 0. The molecule has 0 spiro atoms. The van der Waals surface area contributed by atoms with Crippen molar-refractivity contribution < 1.29 is 104 Å². The van der Waals surface area contributed by atoms with Gasteiger partial charge in [0.2, 0.25) is 0 Å². The van der Waals surface area contributed by atoms with Crippen LogP contribution < -0.4 is 69.1 Å². The fraction of sp³-hybridized carbons (Fsp3) is 0.532. The second-order valence-electron chi connectivity index (χ2n) is 18.4. The molecule has 4 aromatic rings. The molecule has 4 heteroatoms. The molecule has 0 aromatic heterocycles. The van der Waals surface area contributed by atoms with E-state index in [4.69, 9.17) is 9.24 Å². The van der Waals surface area contributed by atoms with Crippen LogP contribution >= 0.6 is 9.24 Å². The molecule has 0 aliphatic rings. The number of halogens is 1. The Bertz CT molecular complexity index is 1310. The van der Waals surface area contributed by atoms with Crippen LogP contribution in [0.25, 0.3) is 0 Å². The molecule has 4 rings (SSSR count). The van der Waals surface area contributed by atoms with Crippen molar-refractivity contribution in [3.05, 3.63) is 124 Å². The van der Waals surface area contributed by atoms with Gasteiger partial charge in [-0.25, -0.2) is 12.1 Å². The van der Waals surface area contributed by atoms with Crippen LogP contribution in [0.5, 0.6) is 0 Å². The number of hydrogen-bond donors (Lipinski definition) is 0. The Morgan fingerprint density at radius 3 is 0.941 bits per heavy atom. The topological polar surface area (TPSA) is 0 Å². The molecule has 0 N–H and O–H groups in total. The van der Waals surface area contributed by atoms with E-state index in [9.17, 15) is 0 Å². The zero-order valence-corrected chi connectivity index (χ0v) is 45.0. The molecule has 51 heavy (non-hydrogen) atoms. The Labute approximate surface area is 400 Å². The van der Waals surface area contributed by atoms with Gasteiger partial charge in [-0.1, -0.05) is 195 Å². The van der Waals surface area contributed by atoms with Crippen molar-refractivity contribution >= 4 is 14.5 Å². The molecule has 0 saturated heterocycles. The zero-order valence-electron chi connectivity index (χ0n) is 36.1. The van der Waals surface area contributed by atoms with E-state index in [-0.39, 0.29) is 125 Å². The van der Waals surface area contributed by atoms with Crippen molar-refractivity contribution in [2.24, 2.45) is 0 Å². The number of benzene rings is 2. The van der Waals surface area contributed by atoms with Gasteiger partial charge < -0.3 is 27.0 Å². The van der Waals surface area contributed by atoms with Gasteiger partial charge in [0.05, 0.1) is 0 Å². The molecule has 0 unspecified atom stereocenters. The maximum absolute atomic E-state index is 4.71. The quantitative estimate of drug-likeness (QED) is 0.110. The van der Waals surface area contributed by atoms with E-state index in [1.807, 2.05) is 36.4 Å². The summed E-state index contributed by atoms with van der Waals surface area (Å²) in [5.74, 6) is 1.68. The number of rotatable bonds is 3. The Kier molecular flexibility index (Phi) is 26.9. The summed E-state index contributed by atoms with van der Waals surface area (Å²) in [4.78, 5) is 0. The van der Waals surface area contributed by atoms with Gasteiger partial charge in [0.1, 0.15) is 0 Å². The first-order chi connectivity index (χ1) is 21.8. The van der Waals surface area contributed by atoms with Gasteiger partial charge in [-0.3, -0.25) is 0 Å². The third-order valence-corrected chi connectivity index (χ3v) is 9.26. The number of hydrogen-bond acceptors (Lipinski definition) is 0. The standard InChI is InChI=1S/C15H23P.2C13H21.C6H6.ClH.K.Th/c1-9(2)12-7-13(10(3)4)15(16)14(8-12)11(5)6;2*1-12(2,3)10-7-8-11(9-10)13(4,5)6;1-2-4-6-5-3-1;;;/h7-11H,1-6H3;2*7-9H,1-6H3;1-6H;1H;;/q-2;2*-1;;;+1;+4/p-1. The predicted molar refractivity (Wildman–Crippen MR) is 221 cm³/mol. The normalized spacial score (nSPS) is 11.5. The third-order valence-electron chi connectivity index (χ3n) is 8.74. The SMILES string of the molecule is CC(C)(C)c1cc[c-](C(C)(C)C)c1.CC(C)(C)c1cc[c-](C(C)(C)C)c1.CC(C)c1cc(C(C)C)c([P-2])c(C(C)C)c1.[Cl-].[K+].[Th+4].c1ccccc1. The second kappa shape index (κ2) is 24.5. The average molecular weight is 974 g/mol. The molecular formula is C47H71ClKPTh. The second-order valence-corrected chi connectivity index (χ2v) is 18.9. The fourth-order valence-corrected chi connectivity index (χ4v) is 5.70. The van der Waals surface area contributed by atoms with Crippen molar-refractivity contribution in [3.63, 3.8) is 0 Å². The Morgan fingerprint density at radius 1 is 0.510 bits per heavy atom. The van der Waals surface area contributed by atoms with Gasteiger partial charge in [-0.2, -0.15) is 46.5 Å². The molecule has 0 nitrogen and oxygen atoms in total. The van der Waals surface area contributed by atoms with Gasteiger partial charge in [-0.15, -0.1) is 11.1 Å². The van der Waals surface area contributed by atoms with E-state index in [2.05, 4.69) is 173 Å². The summed E-state index contributed by atoms with van der Waals surface area (Å²) in [6.45, 7) is 40.6. The molecule has 0 fully saturated rings. The van der Waals surface area contributed by atoms with Crippen LogP contribution in [-0.2, 0) is 21.7 Å². The maximum atomic E-state index is 4.71. The predicted octanol–water partition coefficient (Wildman–Crippen LogP) is 8.79. The summed E-state index contributed by atoms with van der Waals surface area (Å²) >= 11 is 0. The Balaban J connectivity index is -0.000000612. The van der Waals surface area contributed by atoms with Crippen LogP contribution in [0.4, 0.5) is 0 Å². The van der Waals surface area contributed by atoms with Gasteiger partial charge >= 0.3 is 91.3 Å². The minimum absolute atomic E-state index is 0. The smallest absolute Gasteiger partial charge is 1.45 e. The average Bonchev–Trinajstić information content (AvgIpc) is 3.66. The van der Waals surface area contributed by atoms with E-state index >= 15 is 0 Å². The monoisotopic (exact) mass is 972 g/mol. The molecule has 276 valence electrons. The maximum Gasteiger partial charge on any atom is 4.00 e. The summed E-state index contributed by atoms with van der Waals surface area (Å²) in [5, 5.41) is 1.19. The fourth-order valence-electron chi connectivity index (χ4n) is 5.06. The van der Waals surface area contributed by atoms with Crippen LogP contribution in [0.1, 0.15) is 181 Å². The molecule has 0 amide bonds. The van der Waals surface area contributed by atoms with Crippen LogP contribution in [0, 0.1) is 39.9 Å². The van der Waals surface area contributed by atoms with Crippen LogP contribution in [0.2, 0.25) is 0 Å². The van der Waals surface area contributed by atoms with E-state index in [1.54, 1.807) is 0 Å². The van der Waals surface area contributed by atoms with Gasteiger partial charge in [0.15, 0.2) is 0 Å². The van der Waals surface area contributed by atoms with E-state index in [0.717, 1.165) is 0 Å². The minimum atomic E-state index is 0. The van der Waals surface area contributed by atoms with E-state index in [0.29, 0.717) is 17.8 Å². The summed E-state index contributed by atoms with van der Waals surface area (Å²) in [6, 6.07) is 30.3. The summed E-state index contributed by atoms with van der Waals surface area (Å²) in [7, 11) is 4.71. The van der Waals surface area contributed by atoms with Gasteiger partial charge in [0, 0.05) is 0 Å². The van der Waals surface area contributed by atoms with Crippen LogP contribution in [0.15, 0.2) is 84.9 Å². The largest absolute Gasteiger partial charge is 4.00 e. The summed E-state index contributed by atoms with van der Waals surface area (Å²) < 4.78 is 0. The first-order valence-corrected chi connectivity index (χ1v) is 18.6. The van der Waals surface area contributed by atoms with Crippen molar-refractivity contribution in [2.75, 3.05) is 0 Å². The first-order valence-electron chi connectivity index (χ1n) is 18.2. The molecule has 0 bridgehead atoms. The molecular weight excluding hydrogens is 902 g/mol. The van der Waals surface area contributed by atoms with E-state index in [1.165, 1.54) is 44.2 Å². The molecule has 0 radical (unpaired) electrons. The van der Waals surface area contributed by atoms with Gasteiger partial charge in [-0.05, 0) is 23.3 Å². The van der Waals surface area contributed by atoms with E-state index < -0.39 is 0 Å². The van der Waals surface area contributed by atoms with Gasteiger partial charge in [0.25, 0.3) is 0 Å². The van der Waals surface area contributed by atoms with Crippen molar-refractivity contribution in [1.82, 2.24) is 0 Å². The molecule has 4 aromatic carbocycles. The Hall–Kier alpha value is 0.821. The Morgan fingerprint density at radius 2 is 0.784 bits per heavy atom. The summed E-state index contributed by atoms with van der Waals surface area (Å²) in [5.41, 5.74) is 11.1. The van der Waals surface area contributed by atoms with Crippen LogP contribution in [-0.4, -0.2) is 0 Å².